The van der Waals surface area contributed by atoms with Crippen molar-refractivity contribution in [2.45, 2.75) is 32.0 Å². The Labute approximate surface area is 215 Å². The first-order valence-corrected chi connectivity index (χ1v) is 12.9. The van der Waals surface area contributed by atoms with E-state index < -0.39 is 6.29 Å². The maximum Gasteiger partial charge on any atom is 0.280 e. The molecule has 0 saturated carbocycles. The monoisotopic (exact) mass is 513 g/mol. The second kappa shape index (κ2) is 12.3. The van der Waals surface area contributed by atoms with Gasteiger partial charge in [-0.2, -0.15) is 0 Å². The Morgan fingerprint density at radius 1 is 1.00 bits per heavy atom. The molecule has 2 aromatic heterocycles. The van der Waals surface area contributed by atoms with Crippen LogP contribution < -0.4 is 10.6 Å². The van der Waals surface area contributed by atoms with Crippen LogP contribution in [0.15, 0.2) is 53.3 Å². The third kappa shape index (κ3) is 6.58. The van der Waals surface area contributed by atoms with Gasteiger partial charge in [0.2, 0.25) is 0 Å². The number of methoxy groups -OCH3 is 2. The van der Waals surface area contributed by atoms with Crippen molar-refractivity contribution in [1.82, 2.24) is 5.16 Å². The smallest absolute Gasteiger partial charge is 0.280 e. The summed E-state index contributed by atoms with van der Waals surface area (Å²) < 4.78 is 16.2. The molecule has 0 spiro atoms. The lowest BCUT2D eigenvalue weighted by Crippen LogP contribution is -2.56. The molecule has 192 valence electrons. The third-order valence-corrected chi connectivity index (χ3v) is 7.62. The van der Waals surface area contributed by atoms with E-state index in [2.05, 4.69) is 15.8 Å². The van der Waals surface area contributed by atoms with E-state index in [4.69, 9.17) is 14.0 Å². The number of hydrogen-bond donors (Lipinski definition) is 2. The Morgan fingerprint density at radius 2 is 1.67 bits per heavy atom. The minimum atomic E-state index is -0.600. The number of amides is 2. The third-order valence-electron chi connectivity index (χ3n) is 6.41. The molecule has 9 nitrogen and oxygen atoms in total. The van der Waals surface area contributed by atoms with Gasteiger partial charge in [0.15, 0.2) is 25.2 Å². The van der Waals surface area contributed by atoms with Crippen LogP contribution in [0.5, 0.6) is 0 Å². The van der Waals surface area contributed by atoms with E-state index in [-0.39, 0.29) is 24.9 Å². The van der Waals surface area contributed by atoms with Crippen LogP contribution in [0.3, 0.4) is 0 Å². The van der Waals surface area contributed by atoms with Crippen LogP contribution in [0.2, 0.25) is 0 Å². The molecular formula is C26H33N4O5S+. The fraction of sp³-hybridized carbons (Fsp3) is 0.423. The van der Waals surface area contributed by atoms with Crippen LogP contribution in [0, 0.1) is 0 Å². The van der Waals surface area contributed by atoms with E-state index in [1.807, 2.05) is 36.4 Å². The second-order valence-corrected chi connectivity index (χ2v) is 10.1. The number of rotatable bonds is 10. The van der Waals surface area contributed by atoms with E-state index in [1.54, 1.807) is 20.3 Å². The lowest BCUT2D eigenvalue weighted by atomic mass is 10.2. The van der Waals surface area contributed by atoms with Crippen LogP contribution in [0.25, 0.3) is 10.4 Å². The van der Waals surface area contributed by atoms with Crippen molar-refractivity contribution in [2.75, 3.05) is 51.0 Å². The topological polar surface area (TPSA) is 103 Å². The van der Waals surface area contributed by atoms with Crippen LogP contribution in [-0.2, 0) is 19.1 Å². The summed E-state index contributed by atoms with van der Waals surface area (Å²) in [5.74, 6) is 0.0507. The zero-order chi connectivity index (χ0) is 25.4. The Morgan fingerprint density at radius 3 is 2.28 bits per heavy atom. The number of nitrogens with zero attached hydrogens (tertiary/aromatic N) is 2. The predicted octanol–water partition coefficient (Wildman–Crippen LogP) is 4.66. The van der Waals surface area contributed by atoms with Gasteiger partial charge >= 0.3 is 0 Å². The summed E-state index contributed by atoms with van der Waals surface area (Å²) in [5.41, 5.74) is 1.72. The standard InChI is InChI=1S/C26H32N4O5S/c1-33-26(34-2)25-20(16-21(36-25)19-10-6-5-7-11-19)27-23(31)17-30(13-8-3-4-9-14-30)18-24(32)28-22-12-15-35-29-22/h5-7,10-12,15-16,26H,3-4,8-9,13-14,17-18H2,1-2H3,(H-,27,28,29,31,32)/p+1. The average molecular weight is 514 g/mol. The summed E-state index contributed by atoms with van der Waals surface area (Å²) in [7, 11) is 3.15. The number of carbonyl (C=O) groups is 2. The van der Waals surface area contributed by atoms with E-state index in [1.165, 1.54) is 17.6 Å². The fourth-order valence-corrected chi connectivity index (χ4v) is 5.90. The molecule has 4 rings (SSSR count). The molecule has 1 saturated heterocycles. The molecule has 0 atom stereocenters. The Kier molecular flexibility index (Phi) is 8.87. The van der Waals surface area contributed by atoms with Crippen molar-refractivity contribution in [3.05, 3.63) is 53.6 Å². The molecule has 1 aliphatic heterocycles. The maximum atomic E-state index is 13.4. The van der Waals surface area contributed by atoms with Crippen molar-refractivity contribution in [3.8, 4) is 10.4 Å². The van der Waals surface area contributed by atoms with Gasteiger partial charge in [-0.05, 0) is 37.3 Å². The number of quaternary nitrogens is 1. The number of carbonyl (C=O) groups excluding carboxylic acids is 2. The first-order valence-electron chi connectivity index (χ1n) is 12.1. The minimum Gasteiger partial charge on any atom is -0.363 e. The number of benzene rings is 1. The molecule has 0 bridgehead atoms. The number of ether oxygens (including phenoxy) is 2. The van der Waals surface area contributed by atoms with Gasteiger partial charge in [-0.3, -0.25) is 9.59 Å². The van der Waals surface area contributed by atoms with Crippen LogP contribution in [-0.4, -0.2) is 61.9 Å². The lowest BCUT2D eigenvalue weighted by Gasteiger charge is -2.36. The van der Waals surface area contributed by atoms with E-state index >= 15 is 0 Å². The molecular weight excluding hydrogens is 480 g/mol. The first-order chi connectivity index (χ1) is 17.5. The summed E-state index contributed by atoms with van der Waals surface area (Å²) in [5, 5.41) is 9.63. The van der Waals surface area contributed by atoms with Gasteiger partial charge in [-0.1, -0.05) is 35.5 Å². The highest BCUT2D eigenvalue weighted by Crippen LogP contribution is 2.39. The number of aromatic nitrogens is 1. The van der Waals surface area contributed by atoms with Gasteiger partial charge in [0, 0.05) is 25.2 Å². The van der Waals surface area contributed by atoms with Gasteiger partial charge in [0.25, 0.3) is 11.8 Å². The quantitative estimate of drug-likeness (QED) is 0.302. The van der Waals surface area contributed by atoms with Crippen molar-refractivity contribution in [3.63, 3.8) is 0 Å². The Hall–Kier alpha value is -3.05. The zero-order valence-electron chi connectivity index (χ0n) is 20.7. The maximum absolute atomic E-state index is 13.4. The molecule has 2 N–H and O–H groups in total. The second-order valence-electron chi connectivity index (χ2n) is 9.06. The van der Waals surface area contributed by atoms with Crippen LogP contribution in [0.4, 0.5) is 11.5 Å². The molecule has 2 amide bonds. The molecule has 0 aliphatic carbocycles. The number of likely N-dealkylation sites (tertiary alicyclic amines) is 1. The van der Waals surface area contributed by atoms with Gasteiger partial charge in [0.1, 0.15) is 6.26 Å². The summed E-state index contributed by atoms with van der Waals surface area (Å²) in [6.45, 7) is 1.94. The summed E-state index contributed by atoms with van der Waals surface area (Å²) in [4.78, 5) is 28.1. The van der Waals surface area contributed by atoms with Gasteiger partial charge in [-0.25, -0.2) is 0 Å². The average Bonchev–Trinajstić information content (AvgIpc) is 3.47. The van der Waals surface area contributed by atoms with Crippen molar-refractivity contribution in [2.24, 2.45) is 0 Å². The van der Waals surface area contributed by atoms with Gasteiger partial charge in [-0.15, -0.1) is 11.3 Å². The highest BCUT2D eigenvalue weighted by atomic mass is 32.1. The summed E-state index contributed by atoms with van der Waals surface area (Å²) in [6, 6.07) is 13.5. The molecule has 0 unspecified atom stereocenters. The number of nitrogens with one attached hydrogen (secondary N) is 2. The molecule has 36 heavy (non-hydrogen) atoms. The lowest BCUT2D eigenvalue weighted by molar-refractivity contribution is -0.912. The summed E-state index contributed by atoms with van der Waals surface area (Å²) >= 11 is 1.52. The largest absolute Gasteiger partial charge is 0.363 e. The number of thiophene rings is 1. The minimum absolute atomic E-state index is 0.143. The van der Waals surface area contributed by atoms with Crippen LogP contribution >= 0.6 is 11.3 Å². The van der Waals surface area contributed by atoms with E-state index in [0.717, 1.165) is 54.1 Å². The Bertz CT molecular complexity index is 1120. The molecule has 3 heterocycles. The first kappa shape index (κ1) is 26.0. The number of anilines is 2. The highest BCUT2D eigenvalue weighted by Gasteiger charge is 2.35. The van der Waals surface area contributed by atoms with Crippen molar-refractivity contribution in [1.29, 1.82) is 0 Å². The predicted molar refractivity (Wildman–Crippen MR) is 138 cm³/mol. The molecule has 1 aliphatic rings. The van der Waals surface area contributed by atoms with Crippen LogP contribution in [0.1, 0.15) is 36.9 Å². The SMILES string of the molecule is COC(OC)c1sc(-c2ccccc2)cc1NC(=O)C[N+]1(CC(=O)Nc2ccon2)CCCCCC1. The Balaban J connectivity index is 1.53. The molecule has 3 aromatic rings. The summed E-state index contributed by atoms with van der Waals surface area (Å²) in [6.07, 6.45) is 4.96. The van der Waals surface area contributed by atoms with Crippen molar-refractivity contribution >= 4 is 34.7 Å². The fourth-order valence-electron chi connectivity index (χ4n) is 4.72. The molecule has 10 heteroatoms. The van der Waals surface area contributed by atoms with E-state index in [9.17, 15) is 9.59 Å². The van der Waals surface area contributed by atoms with Gasteiger partial charge in [0.05, 0.1) is 23.7 Å². The van der Waals surface area contributed by atoms with E-state index in [0.29, 0.717) is 16.0 Å². The molecule has 1 fully saturated rings. The van der Waals surface area contributed by atoms with Crippen molar-refractivity contribution < 1.29 is 28.1 Å². The van der Waals surface area contributed by atoms with Gasteiger partial charge < -0.3 is 29.1 Å². The number of hydrogen-bond acceptors (Lipinski definition) is 7. The molecule has 0 radical (unpaired) electrons. The molecule has 1 aromatic carbocycles. The zero-order valence-corrected chi connectivity index (χ0v) is 21.5. The normalized spacial score (nSPS) is 15.4. The highest BCUT2D eigenvalue weighted by molar-refractivity contribution is 7.16.